The van der Waals surface area contributed by atoms with Crippen LogP contribution in [0.25, 0.3) is 0 Å². The van der Waals surface area contributed by atoms with Crippen molar-refractivity contribution in [3.63, 3.8) is 0 Å². The molecule has 1 aromatic carbocycles. The van der Waals surface area contributed by atoms with Crippen molar-refractivity contribution in [3.05, 3.63) is 65.5 Å². The Hall–Kier alpha value is -2.69. The summed E-state index contributed by atoms with van der Waals surface area (Å²) in [6.45, 7) is 5.54. The summed E-state index contributed by atoms with van der Waals surface area (Å²) in [6.07, 6.45) is 5.78. The van der Waals surface area contributed by atoms with Gasteiger partial charge in [-0.1, -0.05) is 30.3 Å². The molecular formula is C22H27N3O2. The standard InChI is InChI=1S/C22H27N3O2/c1-17-7-3-4-9-20(17)13-22(27)24-12-6-10-21(16-24)25(18(2)26)15-19-8-5-11-23-14-19/h3-5,7-9,11,14,21H,6,10,12-13,15-16H2,1-2H3. The minimum absolute atomic E-state index is 0.0389. The monoisotopic (exact) mass is 365 g/mol. The zero-order chi connectivity index (χ0) is 19.2. The summed E-state index contributed by atoms with van der Waals surface area (Å²) < 4.78 is 0. The molecule has 2 heterocycles. The Kier molecular flexibility index (Phi) is 6.22. The van der Waals surface area contributed by atoms with Crippen LogP contribution in [0.5, 0.6) is 0 Å². The number of aryl methyl sites for hydroxylation is 1. The van der Waals surface area contributed by atoms with Gasteiger partial charge < -0.3 is 9.80 Å². The molecule has 0 aliphatic carbocycles. The summed E-state index contributed by atoms with van der Waals surface area (Å²) in [4.78, 5) is 33.0. The van der Waals surface area contributed by atoms with Crippen molar-refractivity contribution < 1.29 is 9.59 Å². The van der Waals surface area contributed by atoms with Gasteiger partial charge >= 0.3 is 0 Å². The Morgan fingerprint density at radius 1 is 1.22 bits per heavy atom. The molecule has 1 unspecified atom stereocenters. The predicted molar refractivity (Wildman–Crippen MR) is 105 cm³/mol. The van der Waals surface area contributed by atoms with Gasteiger partial charge in [0.1, 0.15) is 0 Å². The van der Waals surface area contributed by atoms with Crippen LogP contribution in [-0.2, 0) is 22.6 Å². The van der Waals surface area contributed by atoms with Gasteiger partial charge in [0.05, 0.1) is 6.42 Å². The Balaban J connectivity index is 1.67. The lowest BCUT2D eigenvalue weighted by molar-refractivity contribution is -0.138. The number of aromatic nitrogens is 1. The van der Waals surface area contributed by atoms with Gasteiger partial charge in [0.25, 0.3) is 0 Å². The first-order valence-electron chi connectivity index (χ1n) is 9.53. The lowest BCUT2D eigenvalue weighted by Crippen LogP contribution is -2.51. The molecule has 1 aliphatic rings. The van der Waals surface area contributed by atoms with Gasteiger partial charge in [0.2, 0.25) is 11.8 Å². The first kappa shape index (κ1) is 19.1. The van der Waals surface area contributed by atoms with E-state index in [2.05, 4.69) is 4.98 Å². The third-order valence-corrected chi connectivity index (χ3v) is 5.27. The number of hydrogen-bond acceptors (Lipinski definition) is 3. The maximum absolute atomic E-state index is 12.8. The number of rotatable bonds is 5. The molecule has 0 N–H and O–H groups in total. The van der Waals surface area contributed by atoms with Crippen molar-refractivity contribution in [3.8, 4) is 0 Å². The molecule has 2 amide bonds. The van der Waals surface area contributed by atoms with Crippen molar-refractivity contribution in [1.29, 1.82) is 0 Å². The van der Waals surface area contributed by atoms with Gasteiger partial charge in [-0.15, -0.1) is 0 Å². The zero-order valence-corrected chi connectivity index (χ0v) is 16.1. The maximum atomic E-state index is 12.8. The fourth-order valence-corrected chi connectivity index (χ4v) is 3.70. The molecule has 3 rings (SSSR count). The third-order valence-electron chi connectivity index (χ3n) is 5.27. The molecule has 1 fully saturated rings. The van der Waals surface area contributed by atoms with Crippen molar-refractivity contribution in [1.82, 2.24) is 14.8 Å². The summed E-state index contributed by atoms with van der Waals surface area (Å²) >= 11 is 0. The number of nitrogens with zero attached hydrogens (tertiary/aromatic N) is 3. The highest BCUT2D eigenvalue weighted by Gasteiger charge is 2.29. The summed E-state index contributed by atoms with van der Waals surface area (Å²) in [7, 11) is 0. The minimum Gasteiger partial charge on any atom is -0.340 e. The molecule has 1 aliphatic heterocycles. The average Bonchev–Trinajstić information content (AvgIpc) is 2.68. The summed E-state index contributed by atoms with van der Waals surface area (Å²) in [6, 6.07) is 11.9. The van der Waals surface area contributed by atoms with Crippen LogP contribution in [0.4, 0.5) is 0 Å². The minimum atomic E-state index is 0.0389. The van der Waals surface area contributed by atoms with E-state index in [0.717, 1.165) is 36.1 Å². The molecule has 0 bridgehead atoms. The first-order valence-corrected chi connectivity index (χ1v) is 9.53. The highest BCUT2D eigenvalue weighted by Crippen LogP contribution is 2.20. The average molecular weight is 365 g/mol. The van der Waals surface area contributed by atoms with E-state index in [9.17, 15) is 9.59 Å². The largest absolute Gasteiger partial charge is 0.340 e. The summed E-state index contributed by atoms with van der Waals surface area (Å²) in [5.74, 6) is 0.177. The Labute approximate surface area is 161 Å². The second kappa shape index (κ2) is 8.80. The molecule has 142 valence electrons. The van der Waals surface area contributed by atoms with Gasteiger partial charge in [0.15, 0.2) is 0 Å². The van der Waals surface area contributed by atoms with Gasteiger partial charge in [-0.05, 0) is 42.5 Å². The molecule has 27 heavy (non-hydrogen) atoms. The number of benzene rings is 1. The van der Waals surface area contributed by atoms with E-state index in [4.69, 9.17) is 0 Å². The van der Waals surface area contributed by atoms with E-state index in [1.807, 2.05) is 53.1 Å². The number of carbonyl (C=O) groups excluding carboxylic acids is 2. The zero-order valence-electron chi connectivity index (χ0n) is 16.1. The molecule has 5 nitrogen and oxygen atoms in total. The number of carbonyl (C=O) groups is 2. The first-order chi connectivity index (χ1) is 13.0. The van der Waals surface area contributed by atoms with E-state index in [0.29, 0.717) is 19.5 Å². The van der Waals surface area contributed by atoms with Crippen LogP contribution >= 0.6 is 0 Å². The lowest BCUT2D eigenvalue weighted by Gasteiger charge is -2.39. The van der Waals surface area contributed by atoms with Crippen LogP contribution in [-0.4, -0.2) is 45.7 Å². The van der Waals surface area contributed by atoms with Gasteiger partial charge in [-0.3, -0.25) is 14.6 Å². The third kappa shape index (κ3) is 4.94. The molecule has 1 atom stereocenters. The number of pyridine rings is 1. The second-order valence-electron chi connectivity index (χ2n) is 7.25. The highest BCUT2D eigenvalue weighted by atomic mass is 16.2. The van der Waals surface area contributed by atoms with E-state index in [1.54, 1.807) is 19.3 Å². The second-order valence-corrected chi connectivity index (χ2v) is 7.25. The maximum Gasteiger partial charge on any atom is 0.227 e. The molecule has 1 aromatic heterocycles. The quantitative estimate of drug-likeness (QED) is 0.819. The Morgan fingerprint density at radius 2 is 2.04 bits per heavy atom. The summed E-state index contributed by atoms with van der Waals surface area (Å²) in [5.41, 5.74) is 3.22. The van der Waals surface area contributed by atoms with Crippen LogP contribution in [0.1, 0.15) is 36.5 Å². The molecule has 2 aromatic rings. The number of piperidine rings is 1. The fraction of sp³-hybridized carbons (Fsp3) is 0.409. The van der Waals surface area contributed by atoms with Crippen molar-refractivity contribution >= 4 is 11.8 Å². The van der Waals surface area contributed by atoms with Crippen molar-refractivity contribution in [2.24, 2.45) is 0 Å². The van der Waals surface area contributed by atoms with Crippen LogP contribution < -0.4 is 0 Å². The Morgan fingerprint density at radius 3 is 2.74 bits per heavy atom. The molecule has 0 saturated carbocycles. The number of hydrogen-bond donors (Lipinski definition) is 0. The van der Waals surface area contributed by atoms with E-state index in [-0.39, 0.29) is 17.9 Å². The van der Waals surface area contributed by atoms with Gasteiger partial charge in [-0.25, -0.2) is 0 Å². The fourth-order valence-electron chi connectivity index (χ4n) is 3.70. The molecule has 0 radical (unpaired) electrons. The highest BCUT2D eigenvalue weighted by molar-refractivity contribution is 5.79. The van der Waals surface area contributed by atoms with Crippen LogP contribution in [0.2, 0.25) is 0 Å². The topological polar surface area (TPSA) is 53.5 Å². The smallest absolute Gasteiger partial charge is 0.227 e. The molecular weight excluding hydrogens is 338 g/mol. The van der Waals surface area contributed by atoms with Crippen molar-refractivity contribution in [2.45, 2.75) is 45.7 Å². The molecule has 5 heteroatoms. The normalized spacial score (nSPS) is 16.8. The van der Waals surface area contributed by atoms with Crippen LogP contribution in [0.15, 0.2) is 48.8 Å². The Bertz CT molecular complexity index is 791. The van der Waals surface area contributed by atoms with E-state index < -0.39 is 0 Å². The van der Waals surface area contributed by atoms with E-state index in [1.165, 1.54) is 0 Å². The SMILES string of the molecule is CC(=O)N(Cc1cccnc1)C1CCCN(C(=O)Cc2ccccc2C)C1. The van der Waals surface area contributed by atoms with Crippen LogP contribution in [0.3, 0.4) is 0 Å². The lowest BCUT2D eigenvalue weighted by atomic mass is 10.0. The van der Waals surface area contributed by atoms with Gasteiger partial charge in [0, 0.05) is 45.0 Å². The number of likely N-dealkylation sites (tertiary alicyclic amines) is 1. The van der Waals surface area contributed by atoms with Crippen LogP contribution in [0, 0.1) is 6.92 Å². The molecule has 1 saturated heterocycles. The van der Waals surface area contributed by atoms with Gasteiger partial charge in [-0.2, -0.15) is 0 Å². The summed E-state index contributed by atoms with van der Waals surface area (Å²) in [5, 5.41) is 0. The number of amides is 2. The van der Waals surface area contributed by atoms with Crippen molar-refractivity contribution in [2.75, 3.05) is 13.1 Å². The predicted octanol–water partition coefficient (Wildman–Crippen LogP) is 2.97. The van der Waals surface area contributed by atoms with E-state index >= 15 is 0 Å². The molecule has 0 spiro atoms.